The highest BCUT2D eigenvalue weighted by atomic mass is 32.2. The minimum absolute atomic E-state index is 0.0424. The second-order valence-electron chi connectivity index (χ2n) is 6.66. The Balaban J connectivity index is 1.54. The third kappa shape index (κ3) is 5.20. The lowest BCUT2D eigenvalue weighted by Gasteiger charge is -2.31. The Labute approximate surface area is 182 Å². The Morgan fingerprint density at radius 1 is 1.13 bits per heavy atom. The topological polar surface area (TPSA) is 92.4 Å². The third-order valence-corrected chi connectivity index (χ3v) is 7.39. The molecule has 8 nitrogen and oxygen atoms in total. The smallest absolute Gasteiger partial charge is 0.314 e. The standard InChI is InChI=1S/C19H19F2N5O3S2/c20-17(21)19-24-23-18(29-19)14-6-7-15(22-12-14)13-26(16-4-2-1-3-5-16)31(28)25-8-10-30(27)11-9-25/h1-7,12,17H,8-11,13H2. The van der Waals surface area contributed by atoms with Gasteiger partial charge in [-0.3, -0.25) is 13.5 Å². The second-order valence-corrected chi connectivity index (χ2v) is 9.78. The molecule has 1 unspecified atom stereocenters. The summed E-state index contributed by atoms with van der Waals surface area (Å²) in [6.07, 6.45) is -1.39. The van der Waals surface area contributed by atoms with E-state index in [4.69, 9.17) is 4.42 Å². The Kier molecular flexibility index (Phi) is 6.78. The van der Waals surface area contributed by atoms with Crippen LogP contribution in [0.25, 0.3) is 11.5 Å². The number of halogens is 2. The largest absolute Gasteiger partial charge is 0.415 e. The summed E-state index contributed by atoms with van der Waals surface area (Å²) in [4.78, 5) is 4.36. The molecule has 164 valence electrons. The van der Waals surface area contributed by atoms with Crippen LogP contribution in [0.3, 0.4) is 0 Å². The normalized spacial score (nSPS) is 16.5. The quantitative estimate of drug-likeness (QED) is 0.531. The fourth-order valence-corrected chi connectivity index (χ4v) is 5.58. The molecule has 0 aliphatic carbocycles. The van der Waals surface area contributed by atoms with Gasteiger partial charge < -0.3 is 4.42 Å². The van der Waals surface area contributed by atoms with Gasteiger partial charge in [0.15, 0.2) is 11.2 Å². The Hall–Kier alpha value is -2.57. The summed E-state index contributed by atoms with van der Waals surface area (Å²) >= 11 is -1.49. The molecule has 0 radical (unpaired) electrons. The molecular formula is C19H19F2N5O3S2. The molecular weight excluding hydrogens is 448 g/mol. The van der Waals surface area contributed by atoms with E-state index in [1.165, 1.54) is 6.20 Å². The minimum atomic E-state index is -2.84. The highest BCUT2D eigenvalue weighted by Crippen LogP contribution is 2.24. The van der Waals surface area contributed by atoms with Gasteiger partial charge in [-0.05, 0) is 24.3 Å². The molecule has 0 spiro atoms. The zero-order chi connectivity index (χ0) is 21.8. The summed E-state index contributed by atoms with van der Waals surface area (Å²) in [7, 11) is -0.869. The second kappa shape index (κ2) is 9.71. The zero-order valence-corrected chi connectivity index (χ0v) is 17.9. The molecule has 1 fully saturated rings. The van der Waals surface area contributed by atoms with Crippen LogP contribution in [0.1, 0.15) is 18.0 Å². The Morgan fingerprint density at radius 2 is 1.87 bits per heavy atom. The van der Waals surface area contributed by atoms with Gasteiger partial charge in [0.2, 0.25) is 5.89 Å². The van der Waals surface area contributed by atoms with Crippen LogP contribution in [0.4, 0.5) is 14.5 Å². The highest BCUT2D eigenvalue weighted by Gasteiger charge is 2.26. The molecule has 2 aromatic heterocycles. The van der Waals surface area contributed by atoms with Gasteiger partial charge in [0.05, 0.1) is 23.5 Å². The molecule has 31 heavy (non-hydrogen) atoms. The van der Waals surface area contributed by atoms with Crippen molar-refractivity contribution in [2.45, 2.75) is 13.0 Å². The van der Waals surface area contributed by atoms with Gasteiger partial charge >= 0.3 is 6.43 Å². The lowest BCUT2D eigenvalue weighted by molar-refractivity contribution is 0.116. The van der Waals surface area contributed by atoms with Crippen molar-refractivity contribution < 1.29 is 21.6 Å². The van der Waals surface area contributed by atoms with Crippen LogP contribution in [0.2, 0.25) is 0 Å². The molecule has 1 aliphatic heterocycles. The molecule has 0 saturated carbocycles. The SMILES string of the molecule is O=S1CCN(S(=O)N(Cc2ccc(-c3nnc(C(F)F)o3)cn2)c2ccccc2)CC1. The maximum absolute atomic E-state index is 13.3. The first-order valence-corrected chi connectivity index (χ1v) is 12.0. The van der Waals surface area contributed by atoms with Crippen LogP contribution in [0.5, 0.6) is 0 Å². The first-order valence-electron chi connectivity index (χ1n) is 9.42. The summed E-state index contributed by atoms with van der Waals surface area (Å²) < 4.78 is 58.7. The number of hydrogen-bond acceptors (Lipinski definition) is 6. The molecule has 3 heterocycles. The van der Waals surface area contributed by atoms with Crippen molar-refractivity contribution in [2.24, 2.45) is 0 Å². The number of nitrogens with zero attached hydrogens (tertiary/aromatic N) is 5. The van der Waals surface area contributed by atoms with E-state index in [1.807, 2.05) is 30.3 Å². The summed E-state index contributed by atoms with van der Waals surface area (Å²) in [6, 6.07) is 12.6. The van der Waals surface area contributed by atoms with Gasteiger partial charge in [0.25, 0.3) is 5.89 Å². The predicted molar refractivity (Wildman–Crippen MR) is 113 cm³/mol. The van der Waals surface area contributed by atoms with E-state index in [0.29, 0.717) is 35.9 Å². The number of hydrogen-bond donors (Lipinski definition) is 0. The molecule has 1 aromatic carbocycles. The molecule has 3 aromatic rings. The van der Waals surface area contributed by atoms with E-state index in [1.54, 1.807) is 20.7 Å². The van der Waals surface area contributed by atoms with Crippen LogP contribution in [-0.4, -0.2) is 52.5 Å². The van der Waals surface area contributed by atoms with Gasteiger partial charge in [0.1, 0.15) is 0 Å². The first-order chi connectivity index (χ1) is 15.0. The van der Waals surface area contributed by atoms with E-state index < -0.39 is 34.3 Å². The van der Waals surface area contributed by atoms with E-state index >= 15 is 0 Å². The molecule has 12 heteroatoms. The van der Waals surface area contributed by atoms with Crippen LogP contribution in [0.15, 0.2) is 53.1 Å². The average Bonchev–Trinajstić information content (AvgIpc) is 3.29. The number of rotatable bonds is 7. The van der Waals surface area contributed by atoms with Gasteiger partial charge in [-0.1, -0.05) is 18.2 Å². The Bertz CT molecular complexity index is 1060. The maximum atomic E-state index is 13.3. The van der Waals surface area contributed by atoms with Crippen LogP contribution in [0, 0.1) is 0 Å². The molecule has 0 amide bonds. The minimum Gasteiger partial charge on any atom is -0.415 e. The van der Waals surface area contributed by atoms with Crippen molar-refractivity contribution >= 4 is 27.7 Å². The van der Waals surface area contributed by atoms with Crippen molar-refractivity contribution in [1.29, 1.82) is 0 Å². The van der Waals surface area contributed by atoms with Crippen LogP contribution >= 0.6 is 0 Å². The van der Waals surface area contributed by atoms with E-state index in [0.717, 1.165) is 5.69 Å². The molecule has 1 saturated heterocycles. The van der Waals surface area contributed by atoms with Gasteiger partial charge in [-0.25, -0.2) is 8.51 Å². The summed E-state index contributed by atoms with van der Waals surface area (Å²) in [5.41, 5.74) is 1.79. The number of pyridine rings is 1. The van der Waals surface area contributed by atoms with E-state index in [9.17, 15) is 17.2 Å². The number of alkyl halides is 2. The summed E-state index contributed by atoms with van der Waals surface area (Å²) in [6.45, 7) is 1.22. The lowest BCUT2D eigenvalue weighted by atomic mass is 10.2. The molecule has 1 aliphatic rings. The highest BCUT2D eigenvalue weighted by molar-refractivity contribution is 7.86. The van der Waals surface area contributed by atoms with Crippen molar-refractivity contribution in [2.75, 3.05) is 28.9 Å². The van der Waals surface area contributed by atoms with Crippen molar-refractivity contribution in [3.63, 3.8) is 0 Å². The zero-order valence-electron chi connectivity index (χ0n) is 16.3. The van der Waals surface area contributed by atoms with Gasteiger partial charge in [-0.2, -0.15) is 8.78 Å². The van der Waals surface area contributed by atoms with Gasteiger partial charge in [-0.15, -0.1) is 10.2 Å². The summed E-state index contributed by atoms with van der Waals surface area (Å²) in [5, 5.41) is 6.93. The fourth-order valence-electron chi connectivity index (χ4n) is 2.98. The predicted octanol–water partition coefficient (Wildman–Crippen LogP) is 2.72. The van der Waals surface area contributed by atoms with E-state index in [2.05, 4.69) is 15.2 Å². The van der Waals surface area contributed by atoms with Crippen molar-refractivity contribution in [3.05, 3.63) is 60.2 Å². The van der Waals surface area contributed by atoms with Crippen molar-refractivity contribution in [3.8, 4) is 11.5 Å². The van der Waals surface area contributed by atoms with E-state index in [-0.39, 0.29) is 12.4 Å². The number of aromatic nitrogens is 3. The molecule has 0 N–H and O–H groups in total. The lowest BCUT2D eigenvalue weighted by Crippen LogP contribution is -2.45. The molecule has 4 rings (SSSR count). The maximum Gasteiger partial charge on any atom is 0.314 e. The monoisotopic (exact) mass is 467 g/mol. The number of anilines is 1. The average molecular weight is 468 g/mol. The summed E-state index contributed by atoms with van der Waals surface area (Å²) in [5.74, 6) is 0.199. The first kappa shape index (κ1) is 21.7. The third-order valence-electron chi connectivity index (χ3n) is 4.59. The number of para-hydroxylation sites is 1. The van der Waals surface area contributed by atoms with Crippen LogP contribution in [-0.2, 0) is 28.5 Å². The van der Waals surface area contributed by atoms with Gasteiger partial charge in [0, 0.05) is 41.6 Å². The molecule has 0 bridgehead atoms. The molecule has 1 atom stereocenters. The fraction of sp³-hybridized carbons (Fsp3) is 0.316. The Morgan fingerprint density at radius 3 is 2.48 bits per heavy atom. The van der Waals surface area contributed by atoms with Crippen LogP contribution < -0.4 is 4.31 Å². The van der Waals surface area contributed by atoms with Crippen molar-refractivity contribution in [1.82, 2.24) is 19.5 Å². The number of benzene rings is 1.